The smallest absolute Gasteiger partial charge is 0.176 e. The van der Waals surface area contributed by atoms with Crippen molar-refractivity contribution < 1.29 is 9.53 Å². The molecule has 1 aromatic carbocycles. The number of hydrogen-bond donors (Lipinski definition) is 1. The molecule has 3 heteroatoms. The minimum absolute atomic E-state index is 0.134. The van der Waals surface area contributed by atoms with Crippen molar-refractivity contribution in [2.45, 2.75) is 40.7 Å². The maximum atomic E-state index is 12.2. The van der Waals surface area contributed by atoms with Crippen molar-refractivity contribution in [1.82, 2.24) is 5.32 Å². The Morgan fingerprint density at radius 3 is 2.39 bits per heavy atom. The normalized spacial score (nSPS) is 10.8. The van der Waals surface area contributed by atoms with Gasteiger partial charge in [-0.25, -0.2) is 0 Å². The Hall–Kier alpha value is -1.35. The molecule has 0 aliphatic heterocycles. The average Bonchev–Trinajstić information content (AvgIpc) is 2.31. The number of carbonyl (C=O) groups excluding carboxylic acids is 1. The number of nitrogens with one attached hydrogen (secondary N) is 1. The molecule has 0 amide bonds. The van der Waals surface area contributed by atoms with Gasteiger partial charge in [-0.1, -0.05) is 13.8 Å². The van der Waals surface area contributed by atoms with Crippen LogP contribution in [0.25, 0.3) is 0 Å². The Morgan fingerprint density at radius 2 is 1.89 bits per heavy atom. The van der Waals surface area contributed by atoms with Gasteiger partial charge in [0.15, 0.2) is 5.78 Å². The summed E-state index contributed by atoms with van der Waals surface area (Å²) in [5.41, 5.74) is 3.85. The number of benzene rings is 1. The monoisotopic (exact) mass is 249 g/mol. The molecule has 0 unspecified atom stereocenters. The lowest BCUT2D eigenvalue weighted by Crippen LogP contribution is -2.29. The zero-order valence-electron chi connectivity index (χ0n) is 12.2. The summed E-state index contributed by atoms with van der Waals surface area (Å²) in [7, 11) is 1.66. The fraction of sp³-hybridized carbons (Fsp3) is 0.533. The van der Waals surface area contributed by atoms with Gasteiger partial charge in [-0.3, -0.25) is 4.79 Å². The van der Waals surface area contributed by atoms with Crippen LogP contribution in [0.3, 0.4) is 0 Å². The lowest BCUT2D eigenvalue weighted by molar-refractivity contribution is 0.0987. The van der Waals surface area contributed by atoms with Gasteiger partial charge in [0.2, 0.25) is 0 Å². The fourth-order valence-corrected chi connectivity index (χ4v) is 2.05. The van der Waals surface area contributed by atoms with Gasteiger partial charge in [0.25, 0.3) is 0 Å². The first-order valence-corrected chi connectivity index (χ1v) is 6.29. The Kier molecular flexibility index (Phi) is 4.91. The van der Waals surface area contributed by atoms with E-state index in [2.05, 4.69) is 5.32 Å². The van der Waals surface area contributed by atoms with E-state index in [0.29, 0.717) is 12.6 Å². The molecule has 0 spiro atoms. The molecule has 3 nitrogen and oxygen atoms in total. The number of methoxy groups -OCH3 is 1. The van der Waals surface area contributed by atoms with Crippen LogP contribution in [0, 0.1) is 20.8 Å². The van der Waals surface area contributed by atoms with E-state index in [9.17, 15) is 4.79 Å². The summed E-state index contributed by atoms with van der Waals surface area (Å²) >= 11 is 0. The Labute approximate surface area is 110 Å². The number of rotatable bonds is 5. The summed E-state index contributed by atoms with van der Waals surface area (Å²) < 4.78 is 5.36. The molecule has 1 aromatic rings. The summed E-state index contributed by atoms with van der Waals surface area (Å²) in [5, 5.41) is 3.16. The van der Waals surface area contributed by atoms with E-state index in [-0.39, 0.29) is 5.78 Å². The second-order valence-corrected chi connectivity index (χ2v) is 4.98. The highest BCUT2D eigenvalue weighted by Gasteiger charge is 2.15. The summed E-state index contributed by atoms with van der Waals surface area (Å²) in [6.45, 7) is 10.4. The van der Waals surface area contributed by atoms with Crippen molar-refractivity contribution in [3.05, 3.63) is 28.3 Å². The molecule has 0 aliphatic carbocycles. The quantitative estimate of drug-likeness (QED) is 0.815. The SMILES string of the molecule is COc1c(C)cc(C(=O)CNC(C)C)c(C)c1C. The van der Waals surface area contributed by atoms with Crippen LogP contribution in [-0.4, -0.2) is 25.5 Å². The lowest BCUT2D eigenvalue weighted by atomic mass is 9.96. The van der Waals surface area contributed by atoms with Gasteiger partial charge >= 0.3 is 0 Å². The van der Waals surface area contributed by atoms with E-state index < -0.39 is 0 Å². The Bertz CT molecular complexity index is 450. The molecular weight excluding hydrogens is 226 g/mol. The van der Waals surface area contributed by atoms with Gasteiger partial charge in [-0.05, 0) is 43.5 Å². The summed E-state index contributed by atoms with van der Waals surface area (Å²) in [6, 6.07) is 2.24. The second kappa shape index (κ2) is 6.01. The standard InChI is InChI=1S/C15H23NO2/c1-9(2)16-8-14(17)13-7-10(3)15(18-6)12(5)11(13)4/h7,9,16H,8H2,1-6H3. The van der Waals surface area contributed by atoms with Gasteiger partial charge in [-0.2, -0.15) is 0 Å². The molecule has 0 atom stereocenters. The third-order valence-corrected chi connectivity index (χ3v) is 3.20. The van der Waals surface area contributed by atoms with Crippen molar-refractivity contribution in [2.24, 2.45) is 0 Å². The molecule has 0 heterocycles. The van der Waals surface area contributed by atoms with Crippen LogP contribution in [0.4, 0.5) is 0 Å². The predicted octanol–water partition coefficient (Wildman–Crippen LogP) is 2.80. The van der Waals surface area contributed by atoms with Crippen LogP contribution < -0.4 is 10.1 Å². The van der Waals surface area contributed by atoms with Crippen LogP contribution in [-0.2, 0) is 0 Å². The lowest BCUT2D eigenvalue weighted by Gasteiger charge is -2.15. The molecule has 0 aromatic heterocycles. The molecule has 1 N–H and O–H groups in total. The van der Waals surface area contributed by atoms with E-state index in [0.717, 1.165) is 28.0 Å². The van der Waals surface area contributed by atoms with Crippen molar-refractivity contribution in [3.63, 3.8) is 0 Å². The van der Waals surface area contributed by atoms with E-state index in [1.807, 2.05) is 40.7 Å². The van der Waals surface area contributed by atoms with Crippen LogP contribution >= 0.6 is 0 Å². The number of aryl methyl sites for hydroxylation is 1. The third kappa shape index (κ3) is 3.10. The van der Waals surface area contributed by atoms with Gasteiger partial charge in [0.1, 0.15) is 5.75 Å². The summed E-state index contributed by atoms with van der Waals surface area (Å²) in [6.07, 6.45) is 0. The molecule has 0 radical (unpaired) electrons. The minimum Gasteiger partial charge on any atom is -0.496 e. The van der Waals surface area contributed by atoms with Crippen molar-refractivity contribution in [1.29, 1.82) is 0 Å². The van der Waals surface area contributed by atoms with Crippen molar-refractivity contribution >= 4 is 5.78 Å². The molecule has 18 heavy (non-hydrogen) atoms. The van der Waals surface area contributed by atoms with Crippen LogP contribution in [0.15, 0.2) is 6.07 Å². The highest BCUT2D eigenvalue weighted by atomic mass is 16.5. The molecular formula is C15H23NO2. The van der Waals surface area contributed by atoms with Gasteiger partial charge < -0.3 is 10.1 Å². The third-order valence-electron chi connectivity index (χ3n) is 3.20. The number of Topliss-reactive ketones (excluding diaryl/α,β-unsaturated/α-hetero) is 1. The zero-order chi connectivity index (χ0) is 13.9. The number of ketones is 1. The molecule has 0 bridgehead atoms. The molecule has 0 fully saturated rings. The van der Waals surface area contributed by atoms with Gasteiger partial charge in [0, 0.05) is 11.6 Å². The Morgan fingerprint density at radius 1 is 1.28 bits per heavy atom. The highest BCUT2D eigenvalue weighted by Crippen LogP contribution is 2.28. The van der Waals surface area contributed by atoms with Gasteiger partial charge in [0.05, 0.1) is 13.7 Å². The summed E-state index contributed by atoms with van der Waals surface area (Å²) in [4.78, 5) is 12.2. The van der Waals surface area contributed by atoms with Crippen LogP contribution in [0.2, 0.25) is 0 Å². The molecule has 1 rings (SSSR count). The molecule has 100 valence electrons. The van der Waals surface area contributed by atoms with E-state index in [1.165, 1.54) is 0 Å². The maximum absolute atomic E-state index is 12.2. The van der Waals surface area contributed by atoms with E-state index >= 15 is 0 Å². The number of ether oxygens (including phenoxy) is 1. The zero-order valence-corrected chi connectivity index (χ0v) is 12.2. The van der Waals surface area contributed by atoms with Crippen LogP contribution in [0.1, 0.15) is 40.9 Å². The molecule has 0 saturated carbocycles. The molecule has 0 aliphatic rings. The first kappa shape index (κ1) is 14.7. The van der Waals surface area contributed by atoms with E-state index in [4.69, 9.17) is 4.74 Å². The minimum atomic E-state index is 0.134. The van der Waals surface area contributed by atoms with Crippen molar-refractivity contribution in [2.75, 3.05) is 13.7 Å². The highest BCUT2D eigenvalue weighted by molar-refractivity contribution is 5.99. The summed E-state index contributed by atoms with van der Waals surface area (Å²) in [5.74, 6) is 1.01. The second-order valence-electron chi connectivity index (χ2n) is 4.98. The average molecular weight is 249 g/mol. The Balaban J connectivity index is 3.07. The van der Waals surface area contributed by atoms with Crippen LogP contribution in [0.5, 0.6) is 5.75 Å². The molecule has 0 saturated heterocycles. The fourth-order valence-electron chi connectivity index (χ4n) is 2.05. The first-order chi connectivity index (χ1) is 8.38. The topological polar surface area (TPSA) is 38.3 Å². The number of carbonyl (C=O) groups is 1. The van der Waals surface area contributed by atoms with Gasteiger partial charge in [-0.15, -0.1) is 0 Å². The largest absolute Gasteiger partial charge is 0.496 e. The predicted molar refractivity (Wildman–Crippen MR) is 74.7 cm³/mol. The first-order valence-electron chi connectivity index (χ1n) is 6.29. The maximum Gasteiger partial charge on any atom is 0.176 e. The number of hydrogen-bond acceptors (Lipinski definition) is 3. The van der Waals surface area contributed by atoms with Crippen molar-refractivity contribution in [3.8, 4) is 5.75 Å². The van der Waals surface area contributed by atoms with E-state index in [1.54, 1.807) is 7.11 Å².